The van der Waals surface area contributed by atoms with Crippen molar-refractivity contribution in [1.82, 2.24) is 19.8 Å². The van der Waals surface area contributed by atoms with Crippen LogP contribution in [0.15, 0.2) is 36.4 Å². The van der Waals surface area contributed by atoms with Crippen molar-refractivity contribution in [3.05, 3.63) is 53.3 Å². The number of anilines is 1. The lowest BCUT2D eigenvalue weighted by Gasteiger charge is -2.33. The van der Waals surface area contributed by atoms with Crippen LogP contribution in [0.25, 0.3) is 0 Å². The van der Waals surface area contributed by atoms with Crippen molar-refractivity contribution in [1.29, 1.82) is 0 Å². The molecule has 1 N–H and O–H groups in total. The van der Waals surface area contributed by atoms with Gasteiger partial charge in [-0.1, -0.05) is 30.3 Å². The highest BCUT2D eigenvalue weighted by Crippen LogP contribution is 2.18. The van der Waals surface area contributed by atoms with Gasteiger partial charge in [0.25, 0.3) is 5.91 Å². The molecule has 2 heterocycles. The minimum atomic E-state index is -0.334. The monoisotopic (exact) mass is 397 g/mol. The predicted octanol–water partition coefficient (Wildman–Crippen LogP) is 2.87. The van der Waals surface area contributed by atoms with E-state index >= 15 is 0 Å². The van der Waals surface area contributed by atoms with Gasteiger partial charge >= 0.3 is 6.09 Å². The van der Waals surface area contributed by atoms with Crippen LogP contribution in [0.5, 0.6) is 0 Å². The maximum absolute atomic E-state index is 12.9. The summed E-state index contributed by atoms with van der Waals surface area (Å²) in [6.07, 6.45) is -0.334. The minimum absolute atomic E-state index is 0.00840. The van der Waals surface area contributed by atoms with Crippen LogP contribution >= 0.6 is 0 Å². The van der Waals surface area contributed by atoms with E-state index in [1.807, 2.05) is 44.2 Å². The summed E-state index contributed by atoms with van der Waals surface area (Å²) in [7, 11) is 0. The SMILES string of the molecule is CCOC(=O)N1CCN(C(=O)c2cc(C)nc(NC(C)c3ccccc3)n2)CC1. The van der Waals surface area contributed by atoms with Crippen molar-refractivity contribution in [3.8, 4) is 0 Å². The molecule has 2 aromatic rings. The van der Waals surface area contributed by atoms with E-state index in [1.165, 1.54) is 0 Å². The fraction of sp³-hybridized carbons (Fsp3) is 0.429. The van der Waals surface area contributed by atoms with E-state index in [2.05, 4.69) is 15.3 Å². The fourth-order valence-electron chi connectivity index (χ4n) is 3.23. The van der Waals surface area contributed by atoms with Crippen molar-refractivity contribution in [3.63, 3.8) is 0 Å². The summed E-state index contributed by atoms with van der Waals surface area (Å²) in [5, 5.41) is 3.27. The second kappa shape index (κ2) is 9.36. The van der Waals surface area contributed by atoms with Crippen LogP contribution in [0.4, 0.5) is 10.7 Å². The van der Waals surface area contributed by atoms with Gasteiger partial charge in [-0.15, -0.1) is 0 Å². The van der Waals surface area contributed by atoms with Gasteiger partial charge in [-0.2, -0.15) is 0 Å². The molecule has 1 atom stereocenters. The van der Waals surface area contributed by atoms with E-state index in [1.54, 1.807) is 22.8 Å². The second-order valence-electron chi connectivity index (χ2n) is 6.97. The number of carbonyl (C=O) groups is 2. The number of hydrogen-bond acceptors (Lipinski definition) is 6. The van der Waals surface area contributed by atoms with E-state index in [4.69, 9.17) is 4.74 Å². The first-order valence-electron chi connectivity index (χ1n) is 9.86. The highest BCUT2D eigenvalue weighted by atomic mass is 16.6. The predicted molar refractivity (Wildman–Crippen MR) is 110 cm³/mol. The fourth-order valence-corrected chi connectivity index (χ4v) is 3.23. The molecule has 1 aliphatic rings. The summed E-state index contributed by atoms with van der Waals surface area (Å²) in [6, 6.07) is 11.7. The third-order valence-electron chi connectivity index (χ3n) is 4.81. The summed E-state index contributed by atoms with van der Waals surface area (Å²) in [5.41, 5.74) is 2.18. The molecular weight excluding hydrogens is 370 g/mol. The van der Waals surface area contributed by atoms with Crippen LogP contribution in [0.2, 0.25) is 0 Å². The number of nitrogens with zero attached hydrogens (tertiary/aromatic N) is 4. The molecule has 1 saturated heterocycles. The second-order valence-corrected chi connectivity index (χ2v) is 6.97. The Kier molecular flexibility index (Phi) is 6.64. The number of aryl methyl sites for hydroxylation is 1. The molecule has 8 heteroatoms. The molecule has 0 radical (unpaired) electrons. The molecule has 1 fully saturated rings. The van der Waals surface area contributed by atoms with Crippen molar-refractivity contribution in [2.24, 2.45) is 0 Å². The van der Waals surface area contributed by atoms with Crippen LogP contribution in [0, 0.1) is 6.92 Å². The molecule has 154 valence electrons. The molecule has 8 nitrogen and oxygen atoms in total. The van der Waals surface area contributed by atoms with Gasteiger partial charge in [0, 0.05) is 31.9 Å². The van der Waals surface area contributed by atoms with Crippen molar-refractivity contribution in [2.45, 2.75) is 26.8 Å². The Bertz CT molecular complexity index is 851. The lowest BCUT2D eigenvalue weighted by atomic mass is 10.1. The van der Waals surface area contributed by atoms with Gasteiger partial charge in [0.15, 0.2) is 0 Å². The highest BCUT2D eigenvalue weighted by molar-refractivity contribution is 5.92. The van der Waals surface area contributed by atoms with Gasteiger partial charge in [-0.05, 0) is 32.4 Å². The standard InChI is InChI=1S/C21H27N5O3/c1-4-29-21(28)26-12-10-25(11-13-26)19(27)18-14-15(2)22-20(24-18)23-16(3)17-8-6-5-7-9-17/h5-9,14,16H,4,10-13H2,1-3H3,(H,22,23,24). The van der Waals surface area contributed by atoms with Crippen LogP contribution < -0.4 is 5.32 Å². The van der Waals surface area contributed by atoms with Gasteiger partial charge in [-0.3, -0.25) is 4.79 Å². The number of amides is 2. The van der Waals surface area contributed by atoms with Gasteiger partial charge in [0.05, 0.1) is 12.6 Å². The molecule has 1 aliphatic heterocycles. The molecule has 0 saturated carbocycles. The van der Waals surface area contributed by atoms with Crippen LogP contribution in [0.1, 0.15) is 41.6 Å². The van der Waals surface area contributed by atoms with Crippen LogP contribution in [-0.2, 0) is 4.74 Å². The molecule has 29 heavy (non-hydrogen) atoms. The Hall–Kier alpha value is -3.16. The van der Waals surface area contributed by atoms with Crippen LogP contribution in [-0.4, -0.2) is 64.6 Å². The van der Waals surface area contributed by atoms with Crippen molar-refractivity contribution >= 4 is 17.9 Å². The smallest absolute Gasteiger partial charge is 0.409 e. The molecular formula is C21H27N5O3. The van der Waals surface area contributed by atoms with Gasteiger partial charge in [0.1, 0.15) is 5.69 Å². The number of nitrogens with one attached hydrogen (secondary N) is 1. The normalized spacial score (nSPS) is 15.0. The first-order chi connectivity index (χ1) is 14.0. The number of piperazine rings is 1. The number of aromatic nitrogens is 2. The maximum Gasteiger partial charge on any atom is 0.409 e. The molecule has 1 aromatic heterocycles. The zero-order valence-corrected chi connectivity index (χ0v) is 17.1. The molecule has 1 aromatic carbocycles. The number of ether oxygens (including phenoxy) is 1. The summed E-state index contributed by atoms with van der Waals surface area (Å²) in [5.74, 6) is 0.268. The van der Waals surface area contributed by atoms with E-state index in [0.29, 0.717) is 44.4 Å². The Morgan fingerprint density at radius 1 is 1.10 bits per heavy atom. The Labute approximate surface area is 170 Å². The van der Waals surface area contributed by atoms with E-state index < -0.39 is 0 Å². The van der Waals surface area contributed by atoms with Crippen molar-refractivity contribution in [2.75, 3.05) is 38.1 Å². The number of rotatable bonds is 5. The van der Waals surface area contributed by atoms with E-state index in [-0.39, 0.29) is 18.0 Å². The third kappa shape index (κ3) is 5.22. The van der Waals surface area contributed by atoms with Gasteiger partial charge in [0.2, 0.25) is 5.95 Å². The number of carbonyl (C=O) groups excluding carboxylic acids is 2. The zero-order chi connectivity index (χ0) is 20.8. The molecule has 1 unspecified atom stereocenters. The largest absolute Gasteiger partial charge is 0.450 e. The third-order valence-corrected chi connectivity index (χ3v) is 4.81. The molecule has 2 amide bonds. The van der Waals surface area contributed by atoms with Crippen LogP contribution in [0.3, 0.4) is 0 Å². The van der Waals surface area contributed by atoms with E-state index in [0.717, 1.165) is 11.3 Å². The maximum atomic E-state index is 12.9. The summed E-state index contributed by atoms with van der Waals surface area (Å²) >= 11 is 0. The molecule has 0 bridgehead atoms. The molecule has 0 aliphatic carbocycles. The average molecular weight is 397 g/mol. The van der Waals surface area contributed by atoms with Crippen molar-refractivity contribution < 1.29 is 14.3 Å². The first-order valence-corrected chi connectivity index (χ1v) is 9.86. The number of hydrogen-bond donors (Lipinski definition) is 1. The minimum Gasteiger partial charge on any atom is -0.450 e. The Morgan fingerprint density at radius 3 is 2.41 bits per heavy atom. The van der Waals surface area contributed by atoms with E-state index in [9.17, 15) is 9.59 Å². The summed E-state index contributed by atoms with van der Waals surface area (Å²) in [6.45, 7) is 7.78. The average Bonchev–Trinajstić information content (AvgIpc) is 2.73. The quantitative estimate of drug-likeness (QED) is 0.835. The lowest BCUT2D eigenvalue weighted by Crippen LogP contribution is -2.50. The summed E-state index contributed by atoms with van der Waals surface area (Å²) in [4.78, 5) is 36.9. The first kappa shape index (κ1) is 20.6. The zero-order valence-electron chi connectivity index (χ0n) is 17.1. The van der Waals surface area contributed by atoms with Gasteiger partial charge < -0.3 is 19.9 Å². The highest BCUT2D eigenvalue weighted by Gasteiger charge is 2.26. The Morgan fingerprint density at radius 2 is 1.76 bits per heavy atom. The summed E-state index contributed by atoms with van der Waals surface area (Å²) < 4.78 is 5.02. The molecule has 0 spiro atoms. The number of benzene rings is 1. The molecule has 3 rings (SSSR count). The van der Waals surface area contributed by atoms with Gasteiger partial charge in [-0.25, -0.2) is 14.8 Å². The lowest BCUT2D eigenvalue weighted by molar-refractivity contribution is 0.0566. The Balaban J connectivity index is 1.66. The topological polar surface area (TPSA) is 87.7 Å².